The molecule has 4 aromatic rings. The number of rotatable bonds is 6. The number of ether oxygens (including phenoxy) is 1. The molecule has 4 aromatic heterocycles. The number of hydrogen-bond acceptors (Lipinski definition) is 7. The van der Waals surface area contributed by atoms with E-state index in [9.17, 15) is 4.79 Å². The molecule has 0 atom stereocenters. The van der Waals surface area contributed by atoms with E-state index >= 15 is 0 Å². The minimum atomic E-state index is -0.00418. The molecule has 1 fully saturated rings. The summed E-state index contributed by atoms with van der Waals surface area (Å²) < 4.78 is 5.98. The van der Waals surface area contributed by atoms with Gasteiger partial charge in [-0.3, -0.25) is 9.78 Å². The number of ketones is 1. The van der Waals surface area contributed by atoms with E-state index < -0.39 is 0 Å². The Kier molecular flexibility index (Phi) is 5.76. The van der Waals surface area contributed by atoms with Crippen molar-refractivity contribution in [2.45, 2.75) is 13.3 Å². The quantitative estimate of drug-likeness (QED) is 0.277. The second-order valence-electron chi connectivity index (χ2n) is 8.18. The molecule has 0 saturated carbocycles. The number of Topliss-reactive ketones (excluding diaryl/α,β-unsaturated/α-hetero) is 1. The van der Waals surface area contributed by atoms with E-state index in [1.165, 1.54) is 0 Å². The zero-order valence-electron chi connectivity index (χ0n) is 18.3. The van der Waals surface area contributed by atoms with Crippen molar-refractivity contribution in [1.82, 2.24) is 19.9 Å². The van der Waals surface area contributed by atoms with Crippen LogP contribution < -0.4 is 9.64 Å². The molecule has 5 heterocycles. The number of aromatic nitrogens is 4. The van der Waals surface area contributed by atoms with Crippen LogP contribution in [0.15, 0.2) is 59.5 Å². The van der Waals surface area contributed by atoms with Crippen molar-refractivity contribution in [3.05, 3.63) is 70.7 Å². The molecule has 0 unspecified atom stereocenters. The highest BCUT2D eigenvalue weighted by molar-refractivity contribution is 9.10. The fraction of sp³-hybridized carbons (Fsp3) is 0.240. The number of nitrogens with zero attached hydrogens (tertiary/aromatic N) is 5. The molecule has 1 aliphatic rings. The van der Waals surface area contributed by atoms with Gasteiger partial charge >= 0.3 is 0 Å². The van der Waals surface area contributed by atoms with E-state index in [1.807, 2.05) is 42.5 Å². The number of methoxy groups -OCH3 is 1. The SMILES string of the molecule is COc1ccc(-c2cc(C(C)=O)cnc2CC2CN(c3ccc4nc(Br)ccc4n3)C2)cn1. The fourth-order valence-corrected chi connectivity index (χ4v) is 4.39. The molecule has 0 N–H and O–H groups in total. The average Bonchev–Trinajstić information content (AvgIpc) is 2.81. The van der Waals surface area contributed by atoms with E-state index in [2.05, 4.69) is 35.8 Å². The zero-order valence-corrected chi connectivity index (χ0v) is 19.9. The summed E-state index contributed by atoms with van der Waals surface area (Å²) in [5, 5.41) is 0. The topological polar surface area (TPSA) is 81.1 Å². The van der Waals surface area contributed by atoms with Gasteiger partial charge in [0.25, 0.3) is 0 Å². The first-order valence-corrected chi connectivity index (χ1v) is 11.5. The number of carbonyl (C=O) groups excluding carboxylic acids is 1. The lowest BCUT2D eigenvalue weighted by Gasteiger charge is -2.40. The first-order chi connectivity index (χ1) is 16.0. The molecule has 0 aromatic carbocycles. The van der Waals surface area contributed by atoms with Crippen LogP contribution >= 0.6 is 15.9 Å². The molecule has 166 valence electrons. The third kappa shape index (κ3) is 4.43. The minimum absolute atomic E-state index is 0.00418. The minimum Gasteiger partial charge on any atom is -0.481 e. The molecule has 1 aliphatic heterocycles. The van der Waals surface area contributed by atoms with Gasteiger partial charge in [-0.1, -0.05) is 0 Å². The molecule has 7 nitrogen and oxygen atoms in total. The lowest BCUT2D eigenvalue weighted by atomic mass is 9.90. The molecule has 0 amide bonds. The highest BCUT2D eigenvalue weighted by atomic mass is 79.9. The Bertz CT molecular complexity index is 1340. The summed E-state index contributed by atoms with van der Waals surface area (Å²) in [6, 6.07) is 13.6. The third-order valence-electron chi connectivity index (χ3n) is 5.89. The summed E-state index contributed by atoms with van der Waals surface area (Å²) in [7, 11) is 1.59. The predicted molar refractivity (Wildman–Crippen MR) is 131 cm³/mol. The van der Waals surface area contributed by atoms with Crippen LogP contribution in [0.3, 0.4) is 0 Å². The predicted octanol–water partition coefficient (Wildman–Crippen LogP) is 4.74. The van der Waals surface area contributed by atoms with Crippen molar-refractivity contribution in [1.29, 1.82) is 0 Å². The van der Waals surface area contributed by atoms with Gasteiger partial charge < -0.3 is 9.64 Å². The van der Waals surface area contributed by atoms with Crippen LogP contribution in [0.25, 0.3) is 22.2 Å². The Morgan fingerprint density at radius 1 is 1.06 bits per heavy atom. The largest absolute Gasteiger partial charge is 0.481 e. The number of fused-ring (bicyclic) bond motifs is 1. The lowest BCUT2D eigenvalue weighted by Crippen LogP contribution is -2.48. The molecular weight excluding hydrogens is 482 g/mol. The second-order valence-corrected chi connectivity index (χ2v) is 8.99. The molecule has 0 bridgehead atoms. The summed E-state index contributed by atoms with van der Waals surface area (Å²) in [5.74, 6) is 1.96. The van der Waals surface area contributed by atoms with Crippen molar-refractivity contribution in [2.75, 3.05) is 25.1 Å². The van der Waals surface area contributed by atoms with Gasteiger partial charge in [0.2, 0.25) is 5.88 Å². The Hall–Kier alpha value is -3.39. The van der Waals surface area contributed by atoms with Crippen molar-refractivity contribution in [2.24, 2.45) is 5.92 Å². The molecule has 33 heavy (non-hydrogen) atoms. The van der Waals surface area contributed by atoms with Crippen molar-refractivity contribution in [3.63, 3.8) is 0 Å². The number of carbonyl (C=O) groups is 1. The van der Waals surface area contributed by atoms with Gasteiger partial charge in [-0.05, 0) is 71.6 Å². The van der Waals surface area contributed by atoms with E-state index in [0.717, 1.165) is 57.8 Å². The Balaban J connectivity index is 1.34. The standard InChI is InChI=1S/C25H22BrN5O2/c1-15(32)18-10-19(17-3-8-25(33-2)28-11-17)22(27-12-18)9-16-13-31(14-16)24-7-5-20-21(30-24)4-6-23(26)29-20/h3-8,10-12,16H,9,13-14H2,1-2H3. The van der Waals surface area contributed by atoms with E-state index in [-0.39, 0.29) is 5.78 Å². The number of pyridine rings is 4. The fourth-order valence-electron chi connectivity index (χ4n) is 4.07. The Morgan fingerprint density at radius 2 is 1.85 bits per heavy atom. The van der Waals surface area contributed by atoms with Gasteiger partial charge in [-0.2, -0.15) is 0 Å². The number of hydrogen-bond donors (Lipinski definition) is 0. The normalized spacial score (nSPS) is 13.7. The molecule has 0 aliphatic carbocycles. The molecule has 1 saturated heterocycles. The van der Waals surface area contributed by atoms with Crippen molar-refractivity contribution >= 4 is 38.6 Å². The van der Waals surface area contributed by atoms with Gasteiger partial charge in [-0.25, -0.2) is 15.0 Å². The number of anilines is 1. The van der Waals surface area contributed by atoms with Crippen LogP contribution in [0.1, 0.15) is 23.0 Å². The zero-order chi connectivity index (χ0) is 22.9. The van der Waals surface area contributed by atoms with E-state index in [4.69, 9.17) is 9.72 Å². The summed E-state index contributed by atoms with van der Waals surface area (Å²) in [5.41, 5.74) is 5.19. The van der Waals surface area contributed by atoms with Crippen LogP contribution in [0.4, 0.5) is 5.82 Å². The van der Waals surface area contributed by atoms with Crippen LogP contribution in [0, 0.1) is 5.92 Å². The molecule has 0 radical (unpaired) electrons. The van der Waals surface area contributed by atoms with Gasteiger partial charge in [0.1, 0.15) is 10.4 Å². The van der Waals surface area contributed by atoms with Crippen LogP contribution in [-0.2, 0) is 6.42 Å². The first-order valence-electron chi connectivity index (χ1n) is 10.7. The number of halogens is 1. The molecular formula is C25H22BrN5O2. The van der Waals surface area contributed by atoms with Crippen LogP contribution in [0.2, 0.25) is 0 Å². The van der Waals surface area contributed by atoms with Gasteiger partial charge in [-0.15, -0.1) is 0 Å². The van der Waals surface area contributed by atoms with Gasteiger partial charge in [0.15, 0.2) is 5.78 Å². The maximum atomic E-state index is 11.9. The average molecular weight is 504 g/mol. The van der Waals surface area contributed by atoms with Gasteiger partial charge in [0, 0.05) is 53.9 Å². The molecule has 5 rings (SSSR count). The lowest BCUT2D eigenvalue weighted by molar-refractivity contribution is 0.101. The summed E-state index contributed by atoms with van der Waals surface area (Å²) in [6.45, 7) is 3.36. The smallest absolute Gasteiger partial charge is 0.212 e. The molecule has 0 spiro atoms. The highest BCUT2D eigenvalue weighted by Crippen LogP contribution is 2.31. The Morgan fingerprint density at radius 3 is 2.58 bits per heavy atom. The van der Waals surface area contributed by atoms with Crippen molar-refractivity contribution < 1.29 is 9.53 Å². The maximum Gasteiger partial charge on any atom is 0.212 e. The Labute approximate surface area is 200 Å². The summed E-state index contributed by atoms with van der Waals surface area (Å²) >= 11 is 3.40. The highest BCUT2D eigenvalue weighted by Gasteiger charge is 2.29. The van der Waals surface area contributed by atoms with Crippen LogP contribution in [-0.4, -0.2) is 45.9 Å². The molecule has 8 heteroatoms. The summed E-state index contributed by atoms with van der Waals surface area (Å²) in [4.78, 5) is 32.4. The first kappa shape index (κ1) is 21.5. The summed E-state index contributed by atoms with van der Waals surface area (Å²) in [6.07, 6.45) is 4.25. The third-order valence-corrected chi connectivity index (χ3v) is 6.33. The van der Waals surface area contributed by atoms with E-state index in [1.54, 1.807) is 26.4 Å². The van der Waals surface area contributed by atoms with E-state index in [0.29, 0.717) is 17.4 Å². The maximum absolute atomic E-state index is 11.9. The second kappa shape index (κ2) is 8.86. The van der Waals surface area contributed by atoms with Crippen molar-refractivity contribution in [3.8, 4) is 17.0 Å². The van der Waals surface area contributed by atoms with Crippen LogP contribution in [0.5, 0.6) is 5.88 Å². The van der Waals surface area contributed by atoms with Gasteiger partial charge in [0.05, 0.1) is 18.1 Å². The monoisotopic (exact) mass is 503 g/mol.